The van der Waals surface area contributed by atoms with E-state index in [1.165, 1.54) is 38.6 Å². The van der Waals surface area contributed by atoms with Gasteiger partial charge in [0.1, 0.15) is 0 Å². The number of piperidine rings is 1. The van der Waals surface area contributed by atoms with Gasteiger partial charge in [0.15, 0.2) is 0 Å². The molecular weight excluding hydrogens is 224 g/mol. The van der Waals surface area contributed by atoms with E-state index in [0.717, 1.165) is 32.2 Å². The monoisotopic (exact) mass is 254 g/mol. The van der Waals surface area contributed by atoms with Crippen molar-refractivity contribution in [1.82, 2.24) is 10.6 Å². The molecule has 18 heavy (non-hydrogen) atoms. The van der Waals surface area contributed by atoms with E-state index in [-0.39, 0.29) is 0 Å². The Morgan fingerprint density at radius 1 is 1.33 bits per heavy atom. The van der Waals surface area contributed by atoms with Gasteiger partial charge in [0.2, 0.25) is 0 Å². The molecule has 2 atom stereocenters. The van der Waals surface area contributed by atoms with Crippen LogP contribution in [-0.2, 0) is 4.74 Å². The van der Waals surface area contributed by atoms with Crippen LogP contribution >= 0.6 is 0 Å². The molecule has 2 N–H and O–H groups in total. The molecule has 2 fully saturated rings. The average Bonchev–Trinajstić information content (AvgIpc) is 2.40. The first-order chi connectivity index (χ1) is 8.72. The van der Waals surface area contributed by atoms with Crippen molar-refractivity contribution in [3.05, 3.63) is 0 Å². The maximum absolute atomic E-state index is 5.45. The summed E-state index contributed by atoms with van der Waals surface area (Å²) in [6.07, 6.45) is 6.46. The smallest absolute Gasteiger partial charge is 0.0471 e. The zero-order chi connectivity index (χ0) is 12.8. The van der Waals surface area contributed by atoms with Crippen LogP contribution in [0.4, 0.5) is 0 Å². The molecular formula is C15H30N2O. The number of nitrogens with one attached hydrogen (secondary N) is 2. The molecule has 2 aliphatic heterocycles. The van der Waals surface area contributed by atoms with E-state index in [1.807, 2.05) is 0 Å². The molecule has 3 heteroatoms. The van der Waals surface area contributed by atoms with Crippen LogP contribution in [0.25, 0.3) is 0 Å². The van der Waals surface area contributed by atoms with Gasteiger partial charge in [0.25, 0.3) is 0 Å². The molecule has 0 spiro atoms. The van der Waals surface area contributed by atoms with Gasteiger partial charge in [-0.2, -0.15) is 0 Å². The summed E-state index contributed by atoms with van der Waals surface area (Å²) in [6.45, 7) is 10.1. The van der Waals surface area contributed by atoms with Crippen LogP contribution in [0, 0.1) is 11.3 Å². The number of ether oxygens (including phenoxy) is 1. The Morgan fingerprint density at radius 2 is 2.11 bits per heavy atom. The molecule has 2 aliphatic rings. The van der Waals surface area contributed by atoms with Crippen molar-refractivity contribution in [2.45, 2.75) is 52.0 Å². The zero-order valence-corrected chi connectivity index (χ0v) is 12.1. The van der Waals surface area contributed by atoms with E-state index in [1.54, 1.807) is 0 Å². The van der Waals surface area contributed by atoms with Gasteiger partial charge < -0.3 is 15.4 Å². The van der Waals surface area contributed by atoms with Crippen LogP contribution < -0.4 is 10.6 Å². The number of rotatable bonds is 5. The molecule has 3 nitrogen and oxygen atoms in total. The first kappa shape index (κ1) is 14.3. The summed E-state index contributed by atoms with van der Waals surface area (Å²) in [7, 11) is 0. The third-order valence-electron chi connectivity index (χ3n) is 4.82. The topological polar surface area (TPSA) is 33.3 Å². The molecule has 0 aromatic heterocycles. The quantitative estimate of drug-likeness (QED) is 0.789. The molecule has 106 valence electrons. The van der Waals surface area contributed by atoms with E-state index in [0.29, 0.717) is 11.5 Å². The van der Waals surface area contributed by atoms with E-state index < -0.39 is 0 Å². The summed E-state index contributed by atoms with van der Waals surface area (Å²) >= 11 is 0. The summed E-state index contributed by atoms with van der Waals surface area (Å²) in [5, 5.41) is 7.34. The highest BCUT2D eigenvalue weighted by atomic mass is 16.5. The minimum Gasteiger partial charge on any atom is -0.381 e. The molecule has 0 aromatic rings. The van der Waals surface area contributed by atoms with Crippen LogP contribution in [0.1, 0.15) is 46.0 Å². The zero-order valence-electron chi connectivity index (χ0n) is 12.1. The Morgan fingerprint density at radius 3 is 2.83 bits per heavy atom. The summed E-state index contributed by atoms with van der Waals surface area (Å²) in [6, 6.07) is 0.687. The molecule has 2 rings (SSSR count). The average molecular weight is 254 g/mol. The Hall–Kier alpha value is -0.120. The lowest BCUT2D eigenvalue weighted by Crippen LogP contribution is -2.47. The maximum Gasteiger partial charge on any atom is 0.0471 e. The normalized spacial score (nSPS) is 32.3. The van der Waals surface area contributed by atoms with Crippen molar-refractivity contribution < 1.29 is 4.74 Å². The second-order valence-corrected chi connectivity index (χ2v) is 6.50. The Labute approximate surface area is 112 Å². The van der Waals surface area contributed by atoms with Gasteiger partial charge in [0, 0.05) is 32.3 Å². The van der Waals surface area contributed by atoms with Gasteiger partial charge in [-0.3, -0.25) is 0 Å². The lowest BCUT2D eigenvalue weighted by Gasteiger charge is -2.35. The van der Waals surface area contributed by atoms with Crippen molar-refractivity contribution >= 4 is 0 Å². The van der Waals surface area contributed by atoms with E-state index >= 15 is 0 Å². The fraction of sp³-hybridized carbons (Fsp3) is 1.00. The van der Waals surface area contributed by atoms with Crippen molar-refractivity contribution in [2.24, 2.45) is 11.3 Å². The first-order valence-corrected chi connectivity index (χ1v) is 7.74. The van der Waals surface area contributed by atoms with E-state index in [9.17, 15) is 0 Å². The minimum absolute atomic E-state index is 0.455. The summed E-state index contributed by atoms with van der Waals surface area (Å²) in [5.41, 5.74) is 0.455. The standard InChI is InChI=1S/C15H30N2O/c1-3-13-4-7-17-14(10-13)11-16-12-15(2)5-8-18-9-6-15/h13-14,16-17H,3-12H2,1-2H3. The summed E-state index contributed by atoms with van der Waals surface area (Å²) in [5.74, 6) is 0.941. The minimum atomic E-state index is 0.455. The first-order valence-electron chi connectivity index (χ1n) is 7.74. The maximum atomic E-state index is 5.45. The Bertz CT molecular complexity index is 239. The van der Waals surface area contributed by atoms with Crippen LogP contribution in [0.5, 0.6) is 0 Å². The molecule has 2 saturated heterocycles. The fourth-order valence-corrected chi connectivity index (χ4v) is 3.21. The van der Waals surface area contributed by atoms with Crippen molar-refractivity contribution in [1.29, 1.82) is 0 Å². The predicted molar refractivity (Wildman–Crippen MR) is 75.8 cm³/mol. The number of hydrogen-bond donors (Lipinski definition) is 2. The van der Waals surface area contributed by atoms with Crippen LogP contribution in [0.15, 0.2) is 0 Å². The lowest BCUT2D eigenvalue weighted by atomic mass is 9.82. The van der Waals surface area contributed by atoms with E-state index in [2.05, 4.69) is 24.5 Å². The summed E-state index contributed by atoms with van der Waals surface area (Å²) < 4.78 is 5.45. The third-order valence-corrected chi connectivity index (χ3v) is 4.82. The lowest BCUT2D eigenvalue weighted by molar-refractivity contribution is 0.0238. The highest BCUT2D eigenvalue weighted by Gasteiger charge is 2.27. The molecule has 0 aromatic carbocycles. The predicted octanol–water partition coefficient (Wildman–Crippen LogP) is 2.17. The van der Waals surface area contributed by atoms with Crippen LogP contribution in [-0.4, -0.2) is 38.9 Å². The molecule has 0 radical (unpaired) electrons. The number of hydrogen-bond acceptors (Lipinski definition) is 3. The van der Waals surface area contributed by atoms with Crippen molar-refractivity contribution in [2.75, 3.05) is 32.8 Å². The molecule has 2 unspecified atom stereocenters. The summed E-state index contributed by atoms with van der Waals surface area (Å²) in [4.78, 5) is 0. The molecule has 2 heterocycles. The second-order valence-electron chi connectivity index (χ2n) is 6.50. The molecule has 0 amide bonds. The van der Waals surface area contributed by atoms with Crippen LogP contribution in [0.2, 0.25) is 0 Å². The SMILES string of the molecule is CCC1CCNC(CNCC2(C)CCOCC2)C1. The van der Waals surface area contributed by atoms with Gasteiger partial charge >= 0.3 is 0 Å². The van der Waals surface area contributed by atoms with Gasteiger partial charge in [0.05, 0.1) is 0 Å². The highest BCUT2D eigenvalue weighted by molar-refractivity contribution is 4.83. The molecule has 0 aliphatic carbocycles. The van der Waals surface area contributed by atoms with E-state index in [4.69, 9.17) is 4.74 Å². The molecule has 0 bridgehead atoms. The largest absolute Gasteiger partial charge is 0.381 e. The van der Waals surface area contributed by atoms with Gasteiger partial charge in [-0.25, -0.2) is 0 Å². The Kier molecular flexibility index (Phi) is 5.46. The molecule has 0 saturated carbocycles. The highest BCUT2D eigenvalue weighted by Crippen LogP contribution is 2.28. The fourth-order valence-electron chi connectivity index (χ4n) is 3.21. The van der Waals surface area contributed by atoms with Gasteiger partial charge in [-0.15, -0.1) is 0 Å². The van der Waals surface area contributed by atoms with Crippen molar-refractivity contribution in [3.8, 4) is 0 Å². The Balaban J connectivity index is 1.65. The van der Waals surface area contributed by atoms with Crippen LogP contribution in [0.3, 0.4) is 0 Å². The second kappa shape index (κ2) is 6.88. The van der Waals surface area contributed by atoms with Gasteiger partial charge in [-0.1, -0.05) is 20.3 Å². The van der Waals surface area contributed by atoms with Crippen molar-refractivity contribution in [3.63, 3.8) is 0 Å². The van der Waals surface area contributed by atoms with Gasteiger partial charge in [-0.05, 0) is 43.6 Å². The third kappa shape index (κ3) is 4.22.